The summed E-state index contributed by atoms with van der Waals surface area (Å²) < 4.78 is 443. The molecule has 460 valence electrons. The van der Waals surface area contributed by atoms with Crippen LogP contribution >= 0.6 is 0 Å². The van der Waals surface area contributed by atoms with Gasteiger partial charge in [-0.3, -0.25) is 4.57 Å². The summed E-state index contributed by atoms with van der Waals surface area (Å²) >= 11 is 0. The van der Waals surface area contributed by atoms with E-state index < -0.39 is 299 Å². The van der Waals surface area contributed by atoms with Gasteiger partial charge < -0.3 is 13.9 Å². The second-order valence-corrected chi connectivity index (χ2v) is 26.3. The van der Waals surface area contributed by atoms with Crippen molar-refractivity contribution in [3.05, 3.63) is 307 Å². The average Bonchev–Trinajstić information content (AvgIpc) is 0.636. The summed E-state index contributed by atoms with van der Waals surface area (Å²) in [6.07, 6.45) is -5.41. The number of aromatic nitrogens is 4. The zero-order valence-electron chi connectivity index (χ0n) is 94.1. The third kappa shape index (κ3) is 10.7. The topological polar surface area (TPSA) is 35.9 Å². The van der Waals surface area contributed by atoms with E-state index in [1.54, 1.807) is 18.3 Å². The van der Waals surface area contributed by atoms with E-state index in [-0.39, 0.29) is 49.2 Å². The molecule has 0 saturated carbocycles. The third-order valence-electron chi connectivity index (χ3n) is 16.0. The van der Waals surface area contributed by atoms with Gasteiger partial charge in [0.25, 0.3) is 6.33 Å². The Morgan fingerprint density at radius 2 is 1.23 bits per heavy atom. The molecule has 93 heavy (non-hydrogen) atoms. The maximum atomic E-state index is 11.1. The Labute approximate surface area is 626 Å². The van der Waals surface area contributed by atoms with Crippen LogP contribution in [0.2, 0.25) is 0 Å². The van der Waals surface area contributed by atoms with E-state index >= 15 is 0 Å². The predicted octanol–water partition coefficient (Wildman–Crippen LogP) is 18.2. The zero-order chi connectivity index (χ0) is 102. The van der Waals surface area contributed by atoms with Gasteiger partial charge in [0.1, 0.15) is 5.82 Å². The zero-order valence-corrected chi connectivity index (χ0v) is 52.3. The number of para-hydroxylation sites is 1. The van der Waals surface area contributed by atoms with Crippen molar-refractivity contribution in [3.63, 3.8) is 0 Å². The molecule has 0 radical (unpaired) electrons. The van der Waals surface area contributed by atoms with Crippen LogP contribution in [0.25, 0.3) is 83.4 Å². The maximum Gasteiger partial charge on any atom is 0.268 e. The Balaban J connectivity index is 0.0000152. The van der Waals surface area contributed by atoms with Gasteiger partial charge in [0.2, 0.25) is 0 Å². The van der Waals surface area contributed by atoms with Crippen LogP contribution in [0.3, 0.4) is 0 Å². The molecule has 0 saturated heterocycles. The summed E-state index contributed by atoms with van der Waals surface area (Å²) in [5, 5.41) is -4.19. The second-order valence-electron chi connectivity index (χ2n) is 22.7. The number of rotatable bonds is 12. The second kappa shape index (κ2) is 23.9. The number of fused-ring (bicyclic) bond motifs is 5. The number of imidazole rings is 1. The molecule has 3 heterocycles. The fourth-order valence-corrected chi connectivity index (χ4v) is 15.8. The SMILES string of the molecule is [2H]c1c([2H])c([2H])c(-c2cc(-c3c([2H])c([2H])c4c(c3[2H])C(C([2H])([2H])[2H])(C([2H])([2H])[2H])C([2H])([2H])C([2H])([2H])C4(C([2H])([2H])[2H])C([2H])([2H])[2H])c(-[n+]3[c-]n(-c4[c-]c(Oc5[c-]c6c(cc5)c5ccccc5n6-c5cc(C(C)(C)C)ccn5)ccc4)c4cc(-c5c(C([2H])([2H])[2H])cccc5C([2H])([2H])[2H])ccc43)c([Si](c3c([2H])c([2H])c([2H])c([2H])c3[2H])(c3c([2H])c([2H])c([2H])c([2H])c3[2H])c3c([2H])c([2H])c([2H])c([2H])c3[2H])c2)c([2H])c1[2H].[Pt]. The average molecular weight is 1450 g/mol. The van der Waals surface area contributed by atoms with Crippen LogP contribution < -0.4 is 30.1 Å². The third-order valence-corrected chi connectivity index (χ3v) is 20.2. The first-order chi connectivity index (χ1) is 63.1. The maximum absolute atomic E-state index is 11.1. The molecule has 0 bridgehead atoms. The number of hydrogen-bond acceptors (Lipinski definition) is 2. The van der Waals surface area contributed by atoms with Crippen molar-refractivity contribution in [1.82, 2.24) is 14.1 Å². The standard InChI is InChI=1S/C86H74N4OSi.Pt/c1-58-26-24-27-59(2)82(58)62-41-45-77-79(52-62)88(65-30-25-31-66(55-65)91-67-42-43-72-71-38-22-23-39-76(71)90(78(72)56-67)81-54-64(46-49-87-81)84(3,4)5)57-89(77)83-73(61-40-44-74-75(51-61)86(8,9)48-47-85(74,6)7)50-63(60-28-14-10-15-29-60)53-80(83)92(68-32-16-11-17-33-68,69-34-18-12-19-35-69)70-36-20-13-21-37-70;/h10-46,49-54H,47-48H2,1-9H3;/q-2;/i1D3,2D3,6D3,7D3,8D3,9D3,10D,11D,12D,13D,14D,15D,16D,17D,18D,19D,20D,21D,28D,29D,32D,33D,34D,35D,36D,37D,40D,44D,47D2,48D2,51D;. The Kier molecular flexibility index (Phi) is 7.30. The minimum absolute atomic E-state index is 0. The van der Waals surface area contributed by atoms with Crippen molar-refractivity contribution in [3.8, 4) is 62.1 Å². The van der Waals surface area contributed by atoms with E-state index in [9.17, 15) is 52.1 Å². The molecular weight excluding hydrogens is 1330 g/mol. The summed E-state index contributed by atoms with van der Waals surface area (Å²) in [6, 6.07) is -1.72. The minimum Gasteiger partial charge on any atom is -0.510 e. The molecule has 11 aromatic carbocycles. The molecule has 0 fully saturated rings. The molecule has 0 unspecified atom stereocenters. The number of hydrogen-bond donors (Lipinski definition) is 0. The van der Waals surface area contributed by atoms with Crippen molar-refractivity contribution < 1.29 is 92.1 Å². The molecule has 3 aromatic heterocycles. The van der Waals surface area contributed by atoms with Crippen molar-refractivity contribution >= 4 is 61.7 Å². The van der Waals surface area contributed by atoms with E-state index in [0.717, 1.165) is 51.9 Å². The van der Waals surface area contributed by atoms with E-state index in [1.807, 2.05) is 61.7 Å². The molecule has 0 aliphatic heterocycles. The van der Waals surface area contributed by atoms with Crippen LogP contribution in [0.1, 0.15) is 150 Å². The Bertz CT molecular complexity index is 7180. The summed E-state index contributed by atoms with van der Waals surface area (Å²) in [5.41, 5.74) is -22.8. The molecule has 0 atom stereocenters. The van der Waals surface area contributed by atoms with Gasteiger partial charge in [-0.25, -0.2) is 4.98 Å². The fraction of sp³-hybridized carbons (Fsp3) is 0.163. The van der Waals surface area contributed by atoms with Gasteiger partial charge in [-0.05, 0) is 166 Å². The fourth-order valence-electron chi connectivity index (χ4n) is 11.8. The number of aryl methyl sites for hydroxylation is 2. The van der Waals surface area contributed by atoms with Gasteiger partial charge in [0.05, 0.1) is 48.2 Å². The molecule has 7 heteroatoms. The van der Waals surface area contributed by atoms with E-state index in [0.29, 0.717) is 38.9 Å². The molecule has 1 aliphatic rings. The molecule has 0 spiro atoms. The van der Waals surface area contributed by atoms with Gasteiger partial charge in [0.15, 0.2) is 8.07 Å². The largest absolute Gasteiger partial charge is 0.510 e. The van der Waals surface area contributed by atoms with Gasteiger partial charge in [-0.15, -0.1) is 29.7 Å². The number of pyridine rings is 1. The van der Waals surface area contributed by atoms with E-state index in [1.165, 1.54) is 18.2 Å². The molecule has 5 nitrogen and oxygen atoms in total. The smallest absolute Gasteiger partial charge is 0.268 e. The molecule has 0 N–H and O–H groups in total. The predicted molar refractivity (Wildman–Crippen MR) is 383 cm³/mol. The van der Waals surface area contributed by atoms with Crippen molar-refractivity contribution in [1.29, 1.82) is 0 Å². The molecule has 14 aromatic rings. The van der Waals surface area contributed by atoms with Crippen molar-refractivity contribution in [2.75, 3.05) is 0 Å². The number of ether oxygens (including phenoxy) is 1. The van der Waals surface area contributed by atoms with Crippen molar-refractivity contribution in [2.24, 2.45) is 0 Å². The van der Waals surface area contributed by atoms with E-state index in [2.05, 4.69) is 18.5 Å². The summed E-state index contributed by atoms with van der Waals surface area (Å²) in [4.78, 5) is 4.77. The normalized spacial score (nSPS) is 22.5. The van der Waals surface area contributed by atoms with Crippen LogP contribution in [-0.4, -0.2) is 22.2 Å². The van der Waals surface area contributed by atoms with Crippen LogP contribution in [0.5, 0.6) is 11.5 Å². The minimum atomic E-state index is -7.30. The summed E-state index contributed by atoms with van der Waals surface area (Å²) in [7, 11) is -7.30. The molecule has 1 aliphatic carbocycles. The van der Waals surface area contributed by atoms with Gasteiger partial charge in [0, 0.05) is 74.4 Å². The van der Waals surface area contributed by atoms with Crippen molar-refractivity contribution in [2.45, 2.75) is 90.9 Å². The van der Waals surface area contributed by atoms with Crippen LogP contribution in [0, 0.1) is 32.2 Å². The molecular formula is C86H74N4OPtSi-2. The van der Waals surface area contributed by atoms with Crippen LogP contribution in [0.4, 0.5) is 0 Å². The van der Waals surface area contributed by atoms with Gasteiger partial charge in [-0.1, -0.05) is 247 Å². The quantitative estimate of drug-likeness (QED) is 0.0529. The van der Waals surface area contributed by atoms with Crippen LogP contribution in [0.15, 0.2) is 260 Å². The summed E-state index contributed by atoms with van der Waals surface area (Å²) in [5.74, 6) is 0.184. The Hall–Kier alpha value is -9.45. The van der Waals surface area contributed by atoms with Crippen LogP contribution in [-0.2, 0) is 37.3 Å². The summed E-state index contributed by atoms with van der Waals surface area (Å²) in [6.45, 7) is -19.6. The first-order valence-corrected chi connectivity index (χ1v) is 30.5. The van der Waals surface area contributed by atoms with E-state index in [4.69, 9.17) is 19.3 Å². The number of nitrogens with zero attached hydrogens (tertiary/aromatic N) is 4. The monoisotopic (exact) mass is 1450 g/mol. The first kappa shape index (κ1) is 28.4. The molecule has 0 amide bonds. The number of benzene rings is 11. The Morgan fingerprint density at radius 1 is 0.581 bits per heavy atom. The first-order valence-electron chi connectivity index (χ1n) is 51.0. The van der Waals surface area contributed by atoms with Gasteiger partial charge in [-0.2, -0.15) is 18.2 Å². The van der Waals surface area contributed by atoms with Gasteiger partial charge >= 0.3 is 0 Å². The Morgan fingerprint density at radius 3 is 1.89 bits per heavy atom. The molecule has 15 rings (SSSR count).